The number of benzene rings is 4. The maximum absolute atomic E-state index is 12.7. The minimum Gasteiger partial charge on any atom is -0.444 e. The molecule has 0 aromatic heterocycles. The predicted molar refractivity (Wildman–Crippen MR) is 340 cm³/mol. The molecule has 4 aromatic rings. The summed E-state index contributed by atoms with van der Waals surface area (Å²) in [7, 11) is 0. The number of alkyl halides is 3. The summed E-state index contributed by atoms with van der Waals surface area (Å²) in [4.78, 5) is 78.6. The lowest BCUT2D eigenvalue weighted by molar-refractivity contribution is -0.150. The third-order valence-corrected chi connectivity index (χ3v) is 16.4. The van der Waals surface area contributed by atoms with Crippen LogP contribution in [0.4, 0.5) is 22.8 Å². The number of hydrogen-bond acceptors (Lipinski definition) is 9. The van der Waals surface area contributed by atoms with Gasteiger partial charge in [0.05, 0.1) is 6.04 Å². The zero-order valence-corrected chi connectivity index (χ0v) is 52.2. The van der Waals surface area contributed by atoms with Gasteiger partial charge in [0.25, 0.3) is 0 Å². The number of nitrogens with two attached hydrogens (primary N) is 1. The summed E-state index contributed by atoms with van der Waals surface area (Å²) in [6.07, 6.45) is -3.92. The monoisotopic (exact) mass is 1210 g/mol. The first-order chi connectivity index (χ1) is 40.0. The van der Waals surface area contributed by atoms with Crippen molar-refractivity contribution in [3.63, 3.8) is 0 Å². The zero-order valence-electron chi connectivity index (χ0n) is 52.2. The average molecular weight is 1210 g/mol. The topological polar surface area (TPSA) is 193 Å². The van der Waals surface area contributed by atoms with Crippen LogP contribution < -0.4 is 21.7 Å². The fourth-order valence-corrected chi connectivity index (χ4v) is 12.1. The molecule has 4 heterocycles. The van der Waals surface area contributed by atoms with E-state index in [4.69, 9.17) is 15.2 Å². The fraction of sp³-hybridized carbons (Fsp3) is 0.565. The molecule has 18 heteroatoms. The average Bonchev–Trinajstić information content (AvgIpc) is 1.43. The number of likely N-dealkylation sites (tertiary alicyclic amines) is 3. The first-order valence-corrected chi connectivity index (χ1v) is 30.2. The summed E-state index contributed by atoms with van der Waals surface area (Å²) in [6.45, 7) is 26.7. The van der Waals surface area contributed by atoms with Gasteiger partial charge in [0.2, 0.25) is 23.6 Å². The Kier molecular flexibility index (Phi) is 28.5. The number of hydrogen-bond donors (Lipinski definition) is 4. The van der Waals surface area contributed by atoms with Gasteiger partial charge in [-0.25, -0.2) is 9.59 Å². The van der Waals surface area contributed by atoms with Gasteiger partial charge < -0.3 is 45.9 Å². The Morgan fingerprint density at radius 1 is 0.517 bits per heavy atom. The van der Waals surface area contributed by atoms with Crippen LogP contribution in [0.2, 0.25) is 0 Å². The highest BCUT2D eigenvalue weighted by molar-refractivity contribution is 5.88. The van der Waals surface area contributed by atoms with E-state index in [-0.39, 0.29) is 92.9 Å². The van der Waals surface area contributed by atoms with Crippen LogP contribution in [0.1, 0.15) is 189 Å². The second-order valence-corrected chi connectivity index (χ2v) is 24.8. The number of carbonyl (C=O) groups excluding carboxylic acids is 6. The van der Waals surface area contributed by atoms with Gasteiger partial charge in [0, 0.05) is 79.8 Å². The highest BCUT2D eigenvalue weighted by Gasteiger charge is 2.43. The molecule has 5 N–H and O–H groups in total. The van der Waals surface area contributed by atoms with E-state index >= 15 is 0 Å². The van der Waals surface area contributed by atoms with Crippen LogP contribution in [0.15, 0.2) is 121 Å². The van der Waals surface area contributed by atoms with Crippen LogP contribution >= 0.6 is 0 Å². The van der Waals surface area contributed by atoms with E-state index in [1.807, 2.05) is 162 Å². The van der Waals surface area contributed by atoms with Crippen LogP contribution in [0.3, 0.4) is 0 Å². The third kappa shape index (κ3) is 21.7. The van der Waals surface area contributed by atoms with Crippen molar-refractivity contribution in [3.05, 3.63) is 144 Å². The number of ether oxygens (including phenoxy) is 2. The van der Waals surface area contributed by atoms with Crippen molar-refractivity contribution in [2.24, 2.45) is 11.7 Å². The first-order valence-electron chi connectivity index (χ1n) is 30.2. The van der Waals surface area contributed by atoms with Crippen molar-refractivity contribution < 1.29 is 51.4 Å². The SMILES string of the molecule is C.C.CCN1C(=O)C(CCC(F)(F)F)C[C@@H](c2ccccc2)[C@H]1C.CCN1C(=O)C(N)C[C@@H](c2ccccc2)[C@H]1C.CCN1C(=O)C(NC(=O)OC(C)(C)C)C[C@@H](c2ccccc2)[C@H]1C.C[C@H]1NC(=O)C(NC(=O)OC(C)(C)C)C[C@H]1c1ccccc1. The quantitative estimate of drug-likeness (QED) is 0.113. The lowest BCUT2D eigenvalue weighted by atomic mass is 9.77. The standard InChI is InChI=1S/C19H28N2O3.C17H22F3NO.C17H24N2O3.C14H20N2O.2CH4/c1-6-21-13(2)15(14-10-8-7-9-11-14)12-16(17(21)22)20-18(23)24-19(3,4)5;1-3-21-12(2)15(13-7-5-4-6-8-13)11-14(16(21)22)9-10-17(18,19)20;1-11-13(12-8-6-5-7-9-12)10-14(15(20)18-11)19-16(21)22-17(2,3)4;1-3-16-10(2)12(9-13(15)14(16)17)11-7-5-4-6-8-11;;/h7-11,13,15-16H,6,12H2,1-5H3,(H,20,23);4-8,12,14-15H,3,9-11H2,1-2H3;5-9,11,13-14H,10H2,1-4H3,(H,18,20)(H,19,21);4-8,10,12-13H,3,9,15H2,1-2H3;2*1H4/t13-,15-,16?;12-,14?,15-;11-,13-,14?;10-,12-,13?;;/m1111../s1. The number of amides is 6. The Balaban J connectivity index is 0.000000303. The largest absolute Gasteiger partial charge is 0.444 e. The molecule has 12 atom stereocenters. The van der Waals surface area contributed by atoms with Crippen molar-refractivity contribution in [1.29, 1.82) is 0 Å². The number of likely N-dealkylation sites (N-methyl/N-ethyl adjacent to an activating group) is 3. The Morgan fingerprint density at radius 3 is 1.23 bits per heavy atom. The van der Waals surface area contributed by atoms with Gasteiger partial charge in [-0.2, -0.15) is 13.2 Å². The molecular formula is C69H102F3N7O8. The van der Waals surface area contributed by atoms with Gasteiger partial charge in [0.1, 0.15) is 23.3 Å². The van der Waals surface area contributed by atoms with Crippen LogP contribution in [0.5, 0.6) is 0 Å². The predicted octanol–water partition coefficient (Wildman–Crippen LogP) is 13.3. The Hall–Kier alpha value is -6.95. The summed E-state index contributed by atoms with van der Waals surface area (Å²) in [5.41, 5.74) is 9.50. The number of rotatable bonds is 11. The van der Waals surface area contributed by atoms with E-state index in [1.165, 1.54) is 11.1 Å². The summed E-state index contributed by atoms with van der Waals surface area (Å²) in [5, 5.41) is 8.37. The number of nitrogens with zero attached hydrogens (tertiary/aromatic N) is 3. The van der Waals surface area contributed by atoms with Gasteiger partial charge in [0.15, 0.2) is 0 Å². The number of nitrogens with one attached hydrogen (secondary N) is 3. The van der Waals surface area contributed by atoms with E-state index in [0.717, 1.165) is 24.1 Å². The number of carbonyl (C=O) groups is 6. The molecule has 6 amide bonds. The lowest BCUT2D eigenvalue weighted by Gasteiger charge is -2.43. The normalized spacial score (nSPS) is 25.6. The summed E-state index contributed by atoms with van der Waals surface area (Å²) in [6, 6.07) is 39.2. The molecule has 0 radical (unpaired) electrons. The summed E-state index contributed by atoms with van der Waals surface area (Å²) >= 11 is 0. The fourth-order valence-electron chi connectivity index (χ4n) is 12.1. The maximum atomic E-state index is 12.7. The highest BCUT2D eigenvalue weighted by atomic mass is 19.4. The molecule has 0 aliphatic carbocycles. The van der Waals surface area contributed by atoms with Crippen molar-refractivity contribution in [1.82, 2.24) is 30.7 Å². The smallest absolute Gasteiger partial charge is 0.408 e. The Labute approximate surface area is 517 Å². The molecule has 87 heavy (non-hydrogen) atoms. The van der Waals surface area contributed by atoms with E-state index < -0.39 is 54.0 Å². The lowest BCUT2D eigenvalue weighted by Crippen LogP contribution is -2.58. The molecule has 482 valence electrons. The number of piperidine rings is 4. The van der Waals surface area contributed by atoms with Crippen LogP contribution in [0, 0.1) is 5.92 Å². The molecule has 4 aliphatic rings. The zero-order chi connectivity index (χ0) is 63.0. The molecule has 4 saturated heterocycles. The second kappa shape index (κ2) is 33.4. The second-order valence-electron chi connectivity index (χ2n) is 24.8. The van der Waals surface area contributed by atoms with E-state index in [9.17, 15) is 41.9 Å². The molecule has 15 nitrogen and oxygen atoms in total. The van der Waals surface area contributed by atoms with E-state index in [0.29, 0.717) is 38.3 Å². The molecular weight excluding hydrogens is 1110 g/mol. The van der Waals surface area contributed by atoms with Crippen molar-refractivity contribution in [2.45, 2.75) is 227 Å². The minimum atomic E-state index is -4.21. The van der Waals surface area contributed by atoms with Crippen molar-refractivity contribution in [3.8, 4) is 0 Å². The molecule has 0 bridgehead atoms. The van der Waals surface area contributed by atoms with E-state index in [2.05, 4.69) is 54.1 Å². The van der Waals surface area contributed by atoms with Crippen LogP contribution in [-0.4, -0.2) is 130 Å². The number of halogens is 3. The molecule has 4 fully saturated rings. The van der Waals surface area contributed by atoms with Crippen LogP contribution in [0.25, 0.3) is 0 Å². The number of alkyl carbamates (subject to hydrolysis) is 2. The van der Waals surface area contributed by atoms with E-state index in [1.54, 1.807) is 25.7 Å². The Morgan fingerprint density at radius 2 is 0.851 bits per heavy atom. The maximum Gasteiger partial charge on any atom is 0.408 e. The highest BCUT2D eigenvalue weighted by Crippen LogP contribution is 2.40. The van der Waals surface area contributed by atoms with Crippen molar-refractivity contribution in [2.75, 3.05) is 19.6 Å². The summed E-state index contributed by atoms with van der Waals surface area (Å²) in [5.74, 6) is 0.0127. The molecule has 0 saturated carbocycles. The third-order valence-electron chi connectivity index (χ3n) is 16.4. The summed E-state index contributed by atoms with van der Waals surface area (Å²) < 4.78 is 48.0. The minimum absolute atomic E-state index is 0. The van der Waals surface area contributed by atoms with Gasteiger partial charge in [-0.1, -0.05) is 136 Å². The Bertz CT molecular complexity index is 2760. The molecule has 0 spiro atoms. The van der Waals surface area contributed by atoms with Gasteiger partial charge in [-0.15, -0.1) is 0 Å². The molecule has 8 rings (SSSR count). The van der Waals surface area contributed by atoms with Gasteiger partial charge >= 0.3 is 18.4 Å². The van der Waals surface area contributed by atoms with Crippen LogP contribution in [-0.2, 0) is 28.7 Å². The molecule has 4 aromatic carbocycles. The van der Waals surface area contributed by atoms with Gasteiger partial charge in [-0.3, -0.25) is 19.2 Å². The van der Waals surface area contributed by atoms with Crippen molar-refractivity contribution >= 4 is 35.8 Å². The first kappa shape index (κ1) is 74.3. The molecule has 4 aliphatic heterocycles. The van der Waals surface area contributed by atoms with Gasteiger partial charge in [-0.05, 0) is 144 Å². The molecule has 4 unspecified atom stereocenters.